The van der Waals surface area contributed by atoms with Crippen LogP contribution in [0.4, 0.5) is 4.39 Å². The van der Waals surface area contributed by atoms with Crippen LogP contribution in [0.5, 0.6) is 0 Å². The summed E-state index contributed by atoms with van der Waals surface area (Å²) in [6.07, 6.45) is 2.69. The van der Waals surface area contributed by atoms with E-state index in [2.05, 4.69) is 13.8 Å². The zero-order valence-corrected chi connectivity index (χ0v) is 12.6. The standard InChI is InChI=1S/C17H23FO3/c1-3-17(2)11-13(8-9-21-17)15(10-16(19)20)12-4-6-14(18)7-5-12/h4-7,13,15H,3,8-11H2,1-2H3,(H,19,20). The first-order valence-corrected chi connectivity index (χ1v) is 7.55. The Morgan fingerprint density at radius 1 is 1.48 bits per heavy atom. The van der Waals surface area contributed by atoms with Crippen LogP contribution < -0.4 is 0 Å². The molecule has 1 saturated heterocycles. The van der Waals surface area contributed by atoms with Gasteiger partial charge in [-0.25, -0.2) is 4.39 Å². The predicted octanol–water partition coefficient (Wildman–Crippen LogP) is 3.98. The van der Waals surface area contributed by atoms with Gasteiger partial charge in [0.05, 0.1) is 12.0 Å². The van der Waals surface area contributed by atoms with Crippen LogP contribution in [0.25, 0.3) is 0 Å². The Morgan fingerprint density at radius 3 is 2.71 bits per heavy atom. The molecule has 4 heteroatoms. The van der Waals surface area contributed by atoms with Crippen molar-refractivity contribution in [3.05, 3.63) is 35.6 Å². The lowest BCUT2D eigenvalue weighted by molar-refractivity contribution is -0.139. The molecule has 1 fully saturated rings. The first kappa shape index (κ1) is 16.0. The number of hydrogen-bond donors (Lipinski definition) is 1. The highest BCUT2D eigenvalue weighted by atomic mass is 19.1. The van der Waals surface area contributed by atoms with Crippen molar-refractivity contribution in [2.75, 3.05) is 6.61 Å². The lowest BCUT2D eigenvalue weighted by atomic mass is 9.74. The van der Waals surface area contributed by atoms with Crippen LogP contribution in [0.15, 0.2) is 24.3 Å². The zero-order valence-electron chi connectivity index (χ0n) is 12.6. The maximum Gasteiger partial charge on any atom is 0.303 e. The van der Waals surface area contributed by atoms with Crippen molar-refractivity contribution >= 4 is 5.97 Å². The minimum atomic E-state index is -0.811. The molecule has 1 aromatic rings. The highest BCUT2D eigenvalue weighted by Crippen LogP contribution is 2.41. The Hall–Kier alpha value is -1.42. The fourth-order valence-electron chi connectivity index (χ4n) is 3.22. The Labute approximate surface area is 125 Å². The average molecular weight is 294 g/mol. The van der Waals surface area contributed by atoms with E-state index in [1.807, 2.05) is 0 Å². The number of carboxylic acids is 1. The summed E-state index contributed by atoms with van der Waals surface area (Å²) in [4.78, 5) is 11.2. The lowest BCUT2D eigenvalue weighted by Crippen LogP contribution is -2.38. The van der Waals surface area contributed by atoms with Crippen molar-refractivity contribution < 1.29 is 19.0 Å². The molecule has 1 heterocycles. The van der Waals surface area contributed by atoms with E-state index in [9.17, 15) is 14.3 Å². The van der Waals surface area contributed by atoms with Crippen LogP contribution in [0, 0.1) is 11.7 Å². The molecule has 1 aliphatic rings. The third-order valence-electron chi connectivity index (χ3n) is 4.64. The quantitative estimate of drug-likeness (QED) is 0.893. The van der Waals surface area contributed by atoms with E-state index in [0.29, 0.717) is 6.61 Å². The van der Waals surface area contributed by atoms with Gasteiger partial charge in [0, 0.05) is 6.61 Å². The molecule has 21 heavy (non-hydrogen) atoms. The molecule has 3 unspecified atom stereocenters. The maximum absolute atomic E-state index is 13.1. The predicted molar refractivity (Wildman–Crippen MR) is 78.8 cm³/mol. The van der Waals surface area contributed by atoms with Crippen LogP contribution >= 0.6 is 0 Å². The molecule has 0 spiro atoms. The van der Waals surface area contributed by atoms with Crippen molar-refractivity contribution in [3.8, 4) is 0 Å². The number of aliphatic carboxylic acids is 1. The van der Waals surface area contributed by atoms with Gasteiger partial charge < -0.3 is 9.84 Å². The Bertz CT molecular complexity index is 485. The van der Waals surface area contributed by atoms with Gasteiger partial charge in [-0.1, -0.05) is 19.1 Å². The molecule has 1 aliphatic heterocycles. The third-order valence-corrected chi connectivity index (χ3v) is 4.64. The van der Waals surface area contributed by atoms with Crippen LogP contribution in [0.3, 0.4) is 0 Å². The highest BCUT2D eigenvalue weighted by molar-refractivity contribution is 5.68. The van der Waals surface area contributed by atoms with Gasteiger partial charge in [-0.15, -0.1) is 0 Å². The molecule has 0 radical (unpaired) electrons. The summed E-state index contributed by atoms with van der Waals surface area (Å²) in [5, 5.41) is 9.21. The van der Waals surface area contributed by atoms with Gasteiger partial charge in [-0.3, -0.25) is 4.79 Å². The molecule has 3 nitrogen and oxygen atoms in total. The van der Waals surface area contributed by atoms with Crippen LogP contribution in [-0.4, -0.2) is 23.3 Å². The van der Waals surface area contributed by atoms with Crippen molar-refractivity contribution in [3.63, 3.8) is 0 Å². The minimum Gasteiger partial charge on any atom is -0.481 e. The number of carboxylic acid groups (broad SMARTS) is 1. The number of ether oxygens (including phenoxy) is 1. The monoisotopic (exact) mass is 294 g/mol. The molecule has 0 aromatic heterocycles. The fourth-order valence-corrected chi connectivity index (χ4v) is 3.22. The maximum atomic E-state index is 13.1. The van der Waals surface area contributed by atoms with Crippen LogP contribution in [-0.2, 0) is 9.53 Å². The van der Waals surface area contributed by atoms with E-state index in [1.54, 1.807) is 12.1 Å². The minimum absolute atomic E-state index is 0.0795. The van der Waals surface area contributed by atoms with E-state index in [4.69, 9.17) is 4.74 Å². The third kappa shape index (κ3) is 4.03. The van der Waals surface area contributed by atoms with Crippen LogP contribution in [0.2, 0.25) is 0 Å². The van der Waals surface area contributed by atoms with E-state index in [1.165, 1.54) is 12.1 Å². The molecular weight excluding hydrogens is 271 g/mol. The summed E-state index contributed by atoms with van der Waals surface area (Å²) in [6, 6.07) is 6.23. The summed E-state index contributed by atoms with van der Waals surface area (Å²) in [5.74, 6) is -0.935. The molecule has 1 aromatic carbocycles. The van der Waals surface area contributed by atoms with Gasteiger partial charge >= 0.3 is 5.97 Å². The van der Waals surface area contributed by atoms with E-state index >= 15 is 0 Å². The second-order valence-electron chi connectivity index (χ2n) is 6.16. The molecule has 0 amide bonds. The molecule has 3 atom stereocenters. The van der Waals surface area contributed by atoms with Crippen molar-refractivity contribution in [2.45, 2.75) is 51.0 Å². The van der Waals surface area contributed by atoms with E-state index in [-0.39, 0.29) is 29.7 Å². The number of halogens is 1. The highest BCUT2D eigenvalue weighted by Gasteiger charge is 2.36. The first-order chi connectivity index (χ1) is 9.93. The number of benzene rings is 1. The average Bonchev–Trinajstić information content (AvgIpc) is 2.46. The van der Waals surface area contributed by atoms with Crippen molar-refractivity contribution in [1.82, 2.24) is 0 Å². The van der Waals surface area contributed by atoms with E-state index in [0.717, 1.165) is 24.8 Å². The fraction of sp³-hybridized carbons (Fsp3) is 0.588. The molecule has 0 saturated carbocycles. The number of rotatable bonds is 5. The summed E-state index contributed by atoms with van der Waals surface area (Å²) in [7, 11) is 0. The number of carbonyl (C=O) groups is 1. The Morgan fingerprint density at radius 2 is 2.14 bits per heavy atom. The lowest BCUT2D eigenvalue weighted by Gasteiger charge is -2.40. The first-order valence-electron chi connectivity index (χ1n) is 7.55. The van der Waals surface area contributed by atoms with Crippen molar-refractivity contribution in [2.24, 2.45) is 5.92 Å². The molecular formula is C17H23FO3. The van der Waals surface area contributed by atoms with Gasteiger partial charge in [0.25, 0.3) is 0 Å². The zero-order chi connectivity index (χ0) is 15.5. The smallest absolute Gasteiger partial charge is 0.303 e. The number of hydrogen-bond acceptors (Lipinski definition) is 2. The van der Waals surface area contributed by atoms with Gasteiger partial charge in [0.15, 0.2) is 0 Å². The van der Waals surface area contributed by atoms with Gasteiger partial charge in [-0.05, 0) is 55.7 Å². The molecule has 0 bridgehead atoms. The topological polar surface area (TPSA) is 46.5 Å². The Balaban J connectivity index is 2.23. The SMILES string of the molecule is CCC1(C)CC(C(CC(=O)O)c2ccc(F)cc2)CCO1. The second-order valence-corrected chi connectivity index (χ2v) is 6.16. The molecule has 1 N–H and O–H groups in total. The summed E-state index contributed by atoms with van der Waals surface area (Å²) >= 11 is 0. The van der Waals surface area contributed by atoms with Gasteiger partial charge in [-0.2, -0.15) is 0 Å². The Kier molecular flexibility index (Phi) is 4.99. The van der Waals surface area contributed by atoms with Gasteiger partial charge in [0.2, 0.25) is 0 Å². The normalized spacial score (nSPS) is 27.3. The summed E-state index contributed by atoms with van der Waals surface area (Å²) in [6.45, 7) is 4.83. The van der Waals surface area contributed by atoms with Gasteiger partial charge in [0.1, 0.15) is 5.82 Å². The molecule has 116 valence electrons. The van der Waals surface area contributed by atoms with E-state index < -0.39 is 5.97 Å². The summed E-state index contributed by atoms with van der Waals surface area (Å²) < 4.78 is 18.9. The molecule has 2 rings (SSSR count). The largest absolute Gasteiger partial charge is 0.481 e. The van der Waals surface area contributed by atoms with Crippen molar-refractivity contribution in [1.29, 1.82) is 0 Å². The molecule has 0 aliphatic carbocycles. The second kappa shape index (κ2) is 6.56. The summed E-state index contributed by atoms with van der Waals surface area (Å²) in [5.41, 5.74) is 0.726. The van der Waals surface area contributed by atoms with Crippen LogP contribution in [0.1, 0.15) is 51.0 Å².